The first-order valence-corrected chi connectivity index (χ1v) is 7.07. The quantitative estimate of drug-likeness (QED) is 0.514. The molecule has 1 aromatic heterocycles. The lowest BCUT2D eigenvalue weighted by molar-refractivity contribution is -0.173. The third-order valence-corrected chi connectivity index (χ3v) is 3.02. The van der Waals surface area contributed by atoms with Crippen molar-refractivity contribution in [1.29, 1.82) is 0 Å². The van der Waals surface area contributed by atoms with Crippen molar-refractivity contribution in [1.82, 2.24) is 20.2 Å². The number of aryl methyl sites for hydroxylation is 1. The van der Waals surface area contributed by atoms with Gasteiger partial charge in [-0.2, -0.15) is 4.80 Å². The van der Waals surface area contributed by atoms with Crippen LogP contribution in [0.4, 0.5) is 0 Å². The number of carbonyl (C=O) groups excluding carboxylic acids is 2. The summed E-state index contributed by atoms with van der Waals surface area (Å²) in [5.41, 5.74) is -1.41. The normalized spacial score (nSPS) is 11.2. The van der Waals surface area contributed by atoms with Gasteiger partial charge in [0.15, 0.2) is 11.2 Å². The summed E-state index contributed by atoms with van der Waals surface area (Å²) in [6.07, 6.45) is 0.952. The fraction of sp³-hybridized carbons (Fsp3) is 0.769. The summed E-state index contributed by atoms with van der Waals surface area (Å²) in [5.74, 6) is -0.887. The number of rotatable bonds is 8. The number of aromatic nitrogens is 4. The highest BCUT2D eigenvalue weighted by molar-refractivity contribution is 6.00. The summed E-state index contributed by atoms with van der Waals surface area (Å²) in [6.45, 7) is 5.66. The number of esters is 2. The van der Waals surface area contributed by atoms with Crippen molar-refractivity contribution in [2.75, 3.05) is 13.2 Å². The Hall–Kier alpha value is -1.99. The minimum absolute atomic E-state index is 0.0202. The number of hydrogen-bond acceptors (Lipinski definition) is 7. The van der Waals surface area contributed by atoms with Gasteiger partial charge >= 0.3 is 11.9 Å². The van der Waals surface area contributed by atoms with Crippen LogP contribution >= 0.6 is 0 Å². The van der Waals surface area contributed by atoms with Crippen LogP contribution in [0.15, 0.2) is 0 Å². The second-order valence-electron chi connectivity index (χ2n) is 4.64. The summed E-state index contributed by atoms with van der Waals surface area (Å²) in [7, 11) is 1.62. The molecule has 0 bridgehead atoms. The molecule has 0 fully saturated rings. The average molecular weight is 298 g/mol. The van der Waals surface area contributed by atoms with Gasteiger partial charge < -0.3 is 9.47 Å². The van der Waals surface area contributed by atoms with Crippen molar-refractivity contribution < 1.29 is 19.1 Å². The van der Waals surface area contributed by atoms with Crippen molar-refractivity contribution in [2.24, 2.45) is 12.5 Å². The van der Waals surface area contributed by atoms with Crippen LogP contribution in [0.1, 0.15) is 39.4 Å². The third-order valence-electron chi connectivity index (χ3n) is 3.02. The van der Waals surface area contributed by atoms with E-state index in [1.165, 1.54) is 4.80 Å². The van der Waals surface area contributed by atoms with E-state index >= 15 is 0 Å². The molecule has 0 aliphatic carbocycles. The number of tetrazole rings is 1. The molecule has 0 aliphatic rings. The molecule has 118 valence electrons. The van der Waals surface area contributed by atoms with Crippen molar-refractivity contribution >= 4 is 11.9 Å². The Kier molecular flexibility index (Phi) is 6.26. The third kappa shape index (κ3) is 3.99. The molecule has 0 N–H and O–H groups in total. The Morgan fingerprint density at radius 3 is 2.10 bits per heavy atom. The number of ether oxygens (including phenoxy) is 2. The largest absolute Gasteiger partial charge is 0.465 e. The van der Waals surface area contributed by atoms with Crippen LogP contribution in [-0.4, -0.2) is 45.4 Å². The maximum Gasteiger partial charge on any atom is 0.323 e. The van der Waals surface area contributed by atoms with Gasteiger partial charge in [0.05, 0.1) is 20.3 Å². The molecule has 0 unspecified atom stereocenters. The zero-order valence-corrected chi connectivity index (χ0v) is 13.0. The average Bonchev–Trinajstić information content (AvgIpc) is 2.84. The maximum atomic E-state index is 12.4. The van der Waals surface area contributed by atoms with E-state index < -0.39 is 17.4 Å². The van der Waals surface area contributed by atoms with Crippen molar-refractivity contribution in [3.63, 3.8) is 0 Å². The second-order valence-corrected chi connectivity index (χ2v) is 4.64. The Labute approximate surface area is 123 Å². The molecule has 1 heterocycles. The molecule has 1 rings (SSSR count). The molecule has 0 radical (unpaired) electrons. The van der Waals surface area contributed by atoms with Gasteiger partial charge in [-0.1, -0.05) is 13.3 Å². The van der Waals surface area contributed by atoms with Gasteiger partial charge in [-0.05, 0) is 25.5 Å². The Balaban J connectivity index is 3.15. The van der Waals surface area contributed by atoms with Crippen LogP contribution in [0.25, 0.3) is 0 Å². The van der Waals surface area contributed by atoms with Crippen LogP contribution in [0.2, 0.25) is 0 Å². The van der Waals surface area contributed by atoms with Crippen LogP contribution in [0.3, 0.4) is 0 Å². The maximum absolute atomic E-state index is 12.4. The lowest BCUT2D eigenvalue weighted by Crippen LogP contribution is -2.44. The summed E-state index contributed by atoms with van der Waals surface area (Å²) in [6, 6.07) is 0. The lowest BCUT2D eigenvalue weighted by Gasteiger charge is -2.27. The van der Waals surface area contributed by atoms with Gasteiger partial charge in [0.1, 0.15) is 0 Å². The topological polar surface area (TPSA) is 96.2 Å². The van der Waals surface area contributed by atoms with E-state index in [9.17, 15) is 9.59 Å². The van der Waals surface area contributed by atoms with E-state index in [1.807, 2.05) is 6.92 Å². The van der Waals surface area contributed by atoms with Gasteiger partial charge in [-0.15, -0.1) is 10.2 Å². The van der Waals surface area contributed by atoms with Gasteiger partial charge in [0.2, 0.25) is 0 Å². The van der Waals surface area contributed by atoms with E-state index in [1.54, 1.807) is 20.9 Å². The molecule has 8 heteroatoms. The van der Waals surface area contributed by atoms with Gasteiger partial charge in [-0.25, -0.2) is 0 Å². The predicted molar refractivity (Wildman–Crippen MR) is 73.1 cm³/mol. The van der Waals surface area contributed by atoms with Crippen LogP contribution in [-0.2, 0) is 32.5 Å². The van der Waals surface area contributed by atoms with Crippen LogP contribution < -0.4 is 0 Å². The molecule has 0 spiro atoms. The summed E-state index contributed by atoms with van der Waals surface area (Å²) in [4.78, 5) is 26.0. The van der Waals surface area contributed by atoms with Gasteiger partial charge in [-0.3, -0.25) is 9.59 Å². The highest BCUT2D eigenvalue weighted by Gasteiger charge is 2.49. The van der Waals surface area contributed by atoms with Crippen molar-refractivity contribution in [3.8, 4) is 0 Å². The Bertz CT molecular complexity index is 468. The monoisotopic (exact) mass is 298 g/mol. The van der Waals surface area contributed by atoms with Crippen molar-refractivity contribution in [2.45, 2.75) is 40.0 Å². The van der Waals surface area contributed by atoms with E-state index in [2.05, 4.69) is 15.4 Å². The Morgan fingerprint density at radius 1 is 1.14 bits per heavy atom. The van der Waals surface area contributed by atoms with Crippen LogP contribution in [0.5, 0.6) is 0 Å². The fourth-order valence-corrected chi connectivity index (χ4v) is 2.15. The molecule has 0 saturated heterocycles. The Morgan fingerprint density at radius 2 is 1.71 bits per heavy atom. The number of nitrogens with zero attached hydrogens (tertiary/aromatic N) is 4. The molecular weight excluding hydrogens is 276 g/mol. The zero-order valence-electron chi connectivity index (χ0n) is 13.0. The summed E-state index contributed by atoms with van der Waals surface area (Å²) in [5, 5.41) is 11.6. The van der Waals surface area contributed by atoms with E-state index in [4.69, 9.17) is 9.47 Å². The molecule has 21 heavy (non-hydrogen) atoms. The first-order valence-electron chi connectivity index (χ1n) is 7.07. The second kappa shape index (κ2) is 7.70. The highest BCUT2D eigenvalue weighted by atomic mass is 16.6. The number of carbonyl (C=O) groups is 2. The molecule has 0 atom stereocenters. The summed E-state index contributed by atoms with van der Waals surface area (Å²) >= 11 is 0. The minimum Gasteiger partial charge on any atom is -0.465 e. The highest BCUT2D eigenvalue weighted by Crippen LogP contribution is 2.31. The van der Waals surface area contributed by atoms with Gasteiger partial charge in [0, 0.05) is 6.42 Å². The smallest absolute Gasteiger partial charge is 0.323 e. The molecule has 1 aromatic rings. The molecule has 0 saturated carbocycles. The fourth-order valence-electron chi connectivity index (χ4n) is 2.15. The standard InChI is InChI=1S/C13H22N4O4/c1-5-8-13(11(18)20-6-2,12(19)21-7-3)9-10-14-16-17(4)15-10/h5-9H2,1-4H3. The van der Waals surface area contributed by atoms with E-state index in [0.29, 0.717) is 18.7 Å². The SMILES string of the molecule is CCCC(Cc1nnn(C)n1)(C(=O)OCC)C(=O)OCC. The molecule has 0 aromatic carbocycles. The zero-order chi connectivity index (χ0) is 15.9. The number of hydrogen-bond donors (Lipinski definition) is 0. The minimum atomic E-state index is -1.41. The lowest BCUT2D eigenvalue weighted by atomic mass is 9.79. The summed E-state index contributed by atoms with van der Waals surface area (Å²) < 4.78 is 10.2. The molecule has 0 amide bonds. The molecular formula is C13H22N4O4. The van der Waals surface area contributed by atoms with Gasteiger partial charge in [0.25, 0.3) is 0 Å². The van der Waals surface area contributed by atoms with Crippen molar-refractivity contribution in [3.05, 3.63) is 5.82 Å². The molecule has 0 aliphatic heterocycles. The molecule has 8 nitrogen and oxygen atoms in total. The predicted octanol–water partition coefficient (Wildman–Crippen LogP) is 0.665. The van der Waals surface area contributed by atoms with E-state index in [-0.39, 0.29) is 19.6 Å². The van der Waals surface area contributed by atoms with E-state index in [0.717, 1.165) is 0 Å². The first kappa shape index (κ1) is 17.1. The van der Waals surface area contributed by atoms with Crippen LogP contribution in [0, 0.1) is 5.41 Å². The first-order chi connectivity index (χ1) is 10.00.